The van der Waals surface area contributed by atoms with Crippen LogP contribution in [-0.2, 0) is 0 Å². The number of benzene rings is 10. The number of thiophene rings is 1. The van der Waals surface area contributed by atoms with Gasteiger partial charge in [-0.1, -0.05) is 133 Å². The van der Waals surface area contributed by atoms with Gasteiger partial charge in [0, 0.05) is 65.2 Å². The summed E-state index contributed by atoms with van der Waals surface area (Å²) < 4.78 is 12.4. The van der Waals surface area contributed by atoms with E-state index in [4.69, 9.17) is 0 Å². The van der Waals surface area contributed by atoms with Crippen LogP contribution in [0.2, 0.25) is 0 Å². The molecule has 0 unspecified atom stereocenters. The van der Waals surface area contributed by atoms with Crippen LogP contribution in [0, 0.1) is 0 Å². The lowest BCUT2D eigenvalue weighted by atomic mass is 10.1. The van der Waals surface area contributed by atoms with Crippen LogP contribution in [0.1, 0.15) is 0 Å². The van der Waals surface area contributed by atoms with Gasteiger partial charge in [0.15, 0.2) is 0 Å². The lowest BCUT2D eigenvalue weighted by Gasteiger charge is -2.11. The maximum absolute atomic E-state index is 2.49. The summed E-state index contributed by atoms with van der Waals surface area (Å²) in [7, 11) is 0. The minimum absolute atomic E-state index is 1.16. The number of fused-ring (bicyclic) bond motifs is 15. The van der Waals surface area contributed by atoms with E-state index < -0.39 is 0 Å². The maximum Gasteiger partial charge on any atom is 0.0640 e. The molecule has 0 aliphatic carbocycles. The molecule has 0 N–H and O–H groups in total. The average molecular weight is 845 g/mol. The minimum atomic E-state index is 1.16. The first-order chi connectivity index (χ1) is 32.3. The van der Waals surface area contributed by atoms with Crippen LogP contribution >= 0.6 is 11.3 Å². The predicted molar refractivity (Wildman–Crippen MR) is 277 cm³/mol. The summed E-state index contributed by atoms with van der Waals surface area (Å²) >= 11 is 1.90. The molecule has 0 fully saturated rings. The van der Waals surface area contributed by atoms with Crippen LogP contribution in [0.25, 0.3) is 130 Å². The van der Waals surface area contributed by atoms with E-state index >= 15 is 0 Å². The Hall–Kier alpha value is -8.38. The third kappa shape index (κ3) is 4.74. The summed E-state index contributed by atoms with van der Waals surface area (Å²) in [4.78, 5) is 0. The van der Waals surface area contributed by atoms with Crippen molar-refractivity contribution in [1.29, 1.82) is 0 Å². The molecule has 0 atom stereocenters. The van der Waals surface area contributed by atoms with Crippen molar-refractivity contribution in [3.05, 3.63) is 218 Å². The Balaban J connectivity index is 0.943. The quantitative estimate of drug-likeness (QED) is 0.168. The second-order valence-corrected chi connectivity index (χ2v) is 18.3. The van der Waals surface area contributed by atoms with E-state index in [9.17, 15) is 0 Å². The van der Waals surface area contributed by atoms with Gasteiger partial charge in [-0.2, -0.15) is 0 Å². The summed E-state index contributed by atoms with van der Waals surface area (Å²) in [6, 6.07) is 80.6. The number of hydrogen-bond donors (Lipinski definition) is 0. The molecule has 5 heteroatoms. The van der Waals surface area contributed by atoms with Gasteiger partial charge in [0.2, 0.25) is 0 Å². The van der Waals surface area contributed by atoms with Crippen molar-refractivity contribution in [2.75, 3.05) is 0 Å². The zero-order valence-corrected chi connectivity index (χ0v) is 35.8. The highest BCUT2D eigenvalue weighted by molar-refractivity contribution is 7.26. The molecular formula is C60H36N4S. The van der Waals surface area contributed by atoms with Gasteiger partial charge >= 0.3 is 0 Å². The standard InChI is InChI=1S/C60H36N4S/c1-7-23-49-39(15-1)40-16-2-8-24-50(40)61(49)37-31-33-55-47(35-37)43-19-5-11-27-53(43)63(55)57-29-13-21-45-46-22-14-30-58(60(46)65-59(45)57)64-54-28-12-6-20-44(54)48-36-38(32-34-56(48)64)62-51-25-9-3-17-41(51)42-18-4-10-26-52(42)62/h1-36H. The summed E-state index contributed by atoms with van der Waals surface area (Å²) in [6.07, 6.45) is 0. The maximum atomic E-state index is 2.49. The number of hydrogen-bond acceptors (Lipinski definition) is 1. The van der Waals surface area contributed by atoms with Crippen LogP contribution in [0.15, 0.2) is 218 Å². The van der Waals surface area contributed by atoms with Crippen LogP contribution in [-0.4, -0.2) is 18.3 Å². The van der Waals surface area contributed by atoms with Crippen molar-refractivity contribution in [1.82, 2.24) is 18.3 Å². The SMILES string of the molecule is c1cc(-n2c3ccccc3c3cc(-n4c5ccccc5c5ccccc54)ccc32)c2sc3c(-n4c5ccccc5c5cc(-n6c7ccccc7c7ccccc76)ccc54)cccc3c2c1. The van der Waals surface area contributed by atoms with Crippen molar-refractivity contribution in [2.24, 2.45) is 0 Å². The Morgan fingerprint density at radius 3 is 0.846 bits per heavy atom. The lowest BCUT2D eigenvalue weighted by molar-refractivity contribution is 1.17. The molecular weight excluding hydrogens is 809 g/mol. The molecule has 0 radical (unpaired) electrons. The second-order valence-electron chi connectivity index (χ2n) is 17.3. The van der Waals surface area contributed by atoms with Gasteiger partial charge in [-0.15, -0.1) is 11.3 Å². The van der Waals surface area contributed by atoms with Crippen LogP contribution in [0.3, 0.4) is 0 Å². The smallest absolute Gasteiger partial charge is 0.0640 e. The molecule has 0 saturated heterocycles. The van der Waals surface area contributed by atoms with Gasteiger partial charge in [0.1, 0.15) is 0 Å². The zero-order chi connectivity index (χ0) is 42.3. The Kier molecular flexibility index (Phi) is 7.07. The van der Waals surface area contributed by atoms with Crippen molar-refractivity contribution >= 4 is 119 Å². The van der Waals surface area contributed by atoms with E-state index in [0.29, 0.717) is 0 Å². The van der Waals surface area contributed by atoms with E-state index in [1.54, 1.807) is 0 Å². The summed E-state index contributed by atoms with van der Waals surface area (Å²) in [5.74, 6) is 0. The number of para-hydroxylation sites is 6. The van der Waals surface area contributed by atoms with Gasteiger partial charge in [0.05, 0.1) is 64.9 Å². The normalized spacial score (nSPS) is 12.3. The molecule has 302 valence electrons. The first-order valence-electron chi connectivity index (χ1n) is 22.3. The predicted octanol–water partition coefficient (Wildman–Crippen LogP) is 16.4. The number of aromatic nitrogens is 4. The fraction of sp³-hybridized carbons (Fsp3) is 0. The van der Waals surface area contributed by atoms with Crippen molar-refractivity contribution in [3.8, 4) is 22.7 Å². The fourth-order valence-corrected chi connectivity index (χ4v) is 12.6. The molecule has 0 aliphatic rings. The van der Waals surface area contributed by atoms with Crippen LogP contribution in [0.5, 0.6) is 0 Å². The van der Waals surface area contributed by atoms with E-state index in [1.807, 2.05) is 11.3 Å². The zero-order valence-electron chi connectivity index (χ0n) is 35.0. The van der Waals surface area contributed by atoms with Gasteiger partial charge in [-0.25, -0.2) is 0 Å². The molecule has 10 aromatic carbocycles. The van der Waals surface area contributed by atoms with Crippen molar-refractivity contribution < 1.29 is 0 Å². The molecule has 0 aliphatic heterocycles. The Labute approximate surface area is 376 Å². The van der Waals surface area contributed by atoms with E-state index in [-0.39, 0.29) is 0 Å². The highest BCUT2D eigenvalue weighted by atomic mass is 32.1. The monoisotopic (exact) mass is 844 g/mol. The van der Waals surface area contributed by atoms with E-state index in [1.165, 1.54) is 119 Å². The third-order valence-electron chi connectivity index (χ3n) is 14.0. The van der Waals surface area contributed by atoms with Crippen LogP contribution < -0.4 is 0 Å². The van der Waals surface area contributed by atoms with E-state index in [0.717, 1.165) is 11.4 Å². The lowest BCUT2D eigenvalue weighted by Crippen LogP contribution is -1.96. The largest absolute Gasteiger partial charge is 0.309 e. The highest BCUT2D eigenvalue weighted by Gasteiger charge is 2.22. The molecule has 5 heterocycles. The minimum Gasteiger partial charge on any atom is -0.309 e. The van der Waals surface area contributed by atoms with Gasteiger partial charge in [-0.3, -0.25) is 0 Å². The molecule has 0 saturated carbocycles. The molecule has 5 aromatic heterocycles. The molecule has 4 nitrogen and oxygen atoms in total. The molecule has 0 bridgehead atoms. The van der Waals surface area contributed by atoms with E-state index in [2.05, 4.69) is 237 Å². The Morgan fingerprint density at radius 2 is 0.492 bits per heavy atom. The Bertz CT molecular complexity index is 4100. The second kappa shape index (κ2) is 13.1. The average Bonchev–Trinajstić information content (AvgIpc) is 4.17. The third-order valence-corrected chi connectivity index (χ3v) is 15.2. The van der Waals surface area contributed by atoms with Crippen molar-refractivity contribution in [3.63, 3.8) is 0 Å². The van der Waals surface area contributed by atoms with Crippen molar-refractivity contribution in [2.45, 2.75) is 0 Å². The first kappa shape index (κ1) is 35.1. The van der Waals surface area contributed by atoms with Gasteiger partial charge < -0.3 is 18.3 Å². The van der Waals surface area contributed by atoms with Gasteiger partial charge in [0.25, 0.3) is 0 Å². The summed E-state index contributed by atoms with van der Waals surface area (Å²) in [6.45, 7) is 0. The topological polar surface area (TPSA) is 19.7 Å². The first-order valence-corrected chi connectivity index (χ1v) is 23.1. The number of nitrogens with zero attached hydrogens (tertiary/aromatic N) is 4. The fourth-order valence-electron chi connectivity index (χ4n) is 11.3. The highest BCUT2D eigenvalue weighted by Crippen LogP contribution is 2.45. The molecule has 65 heavy (non-hydrogen) atoms. The van der Waals surface area contributed by atoms with Crippen LogP contribution in [0.4, 0.5) is 0 Å². The molecule has 15 aromatic rings. The Morgan fingerprint density at radius 1 is 0.215 bits per heavy atom. The van der Waals surface area contributed by atoms with Gasteiger partial charge in [-0.05, 0) is 84.9 Å². The number of rotatable bonds is 4. The summed E-state index contributed by atoms with van der Waals surface area (Å²) in [5.41, 5.74) is 14.4. The molecule has 0 spiro atoms. The molecule has 0 amide bonds. The summed E-state index contributed by atoms with van der Waals surface area (Å²) in [5, 5.41) is 12.6. The molecule has 15 rings (SSSR count).